The summed E-state index contributed by atoms with van der Waals surface area (Å²) in [6, 6.07) is 5.09. The molecule has 0 saturated heterocycles. The van der Waals surface area contributed by atoms with E-state index in [2.05, 4.69) is 30.9 Å². The highest BCUT2D eigenvalue weighted by molar-refractivity contribution is 5.40. The minimum atomic E-state index is -0.0435. The molecule has 0 aliphatic rings. The van der Waals surface area contributed by atoms with Gasteiger partial charge >= 0.3 is 0 Å². The molecule has 0 atom stereocenters. The third kappa shape index (κ3) is 9.62. The Morgan fingerprint density at radius 2 is 1.48 bits per heavy atom. The van der Waals surface area contributed by atoms with Crippen molar-refractivity contribution in [3.63, 3.8) is 0 Å². The van der Waals surface area contributed by atoms with Crippen LogP contribution in [0.3, 0.4) is 0 Å². The van der Waals surface area contributed by atoms with Crippen LogP contribution in [-0.2, 0) is 6.42 Å². The van der Waals surface area contributed by atoms with Crippen LogP contribution < -0.4 is 0 Å². The largest absolute Gasteiger partial charge is 0.504 e. The Kier molecular flexibility index (Phi) is 10.4. The zero-order valence-electron chi connectivity index (χ0n) is 14.1. The summed E-state index contributed by atoms with van der Waals surface area (Å²) in [7, 11) is 0. The number of phenols is 2. The Bertz CT molecular complexity index is 501. The molecule has 0 bridgehead atoms. The summed E-state index contributed by atoms with van der Waals surface area (Å²) in [4.78, 5) is 0. The number of aryl methyl sites for hydroxylation is 1. The van der Waals surface area contributed by atoms with Gasteiger partial charge in [0.1, 0.15) is 0 Å². The van der Waals surface area contributed by atoms with E-state index in [1.807, 2.05) is 12.1 Å². The Hall–Kier alpha value is -1.96. The predicted molar refractivity (Wildman–Crippen MR) is 98.9 cm³/mol. The molecule has 1 rings (SSSR count). The van der Waals surface area contributed by atoms with Crippen LogP contribution in [0.15, 0.2) is 55.2 Å². The molecule has 126 valence electrons. The fraction of sp³-hybridized carbons (Fsp3) is 0.429. The lowest BCUT2D eigenvalue weighted by Gasteiger charge is -2.04. The molecule has 0 spiro atoms. The lowest BCUT2D eigenvalue weighted by molar-refractivity contribution is 0.403. The van der Waals surface area contributed by atoms with E-state index >= 15 is 0 Å². The highest BCUT2D eigenvalue weighted by Gasteiger charge is 2.00. The molecule has 0 saturated carbocycles. The first-order valence-electron chi connectivity index (χ1n) is 8.65. The van der Waals surface area contributed by atoms with Gasteiger partial charge in [-0.25, -0.2) is 0 Å². The summed E-state index contributed by atoms with van der Waals surface area (Å²) in [6.45, 7) is 3.68. The van der Waals surface area contributed by atoms with E-state index < -0.39 is 0 Å². The predicted octanol–water partition coefficient (Wildman–Crippen LogP) is 6.06. The maximum Gasteiger partial charge on any atom is 0.157 e. The lowest BCUT2D eigenvalue weighted by atomic mass is 10.0. The molecule has 0 aliphatic carbocycles. The van der Waals surface area contributed by atoms with Gasteiger partial charge in [0.2, 0.25) is 0 Å². The van der Waals surface area contributed by atoms with E-state index in [-0.39, 0.29) is 11.5 Å². The molecule has 23 heavy (non-hydrogen) atoms. The van der Waals surface area contributed by atoms with Crippen molar-refractivity contribution in [2.24, 2.45) is 0 Å². The summed E-state index contributed by atoms with van der Waals surface area (Å²) in [6.07, 6.45) is 21.0. The van der Waals surface area contributed by atoms with Crippen LogP contribution in [-0.4, -0.2) is 10.2 Å². The molecule has 0 amide bonds. The molecule has 1 aromatic carbocycles. The molecule has 2 nitrogen and oxygen atoms in total. The number of aromatic hydroxyl groups is 2. The van der Waals surface area contributed by atoms with Gasteiger partial charge in [-0.2, -0.15) is 0 Å². The average Bonchev–Trinajstić information content (AvgIpc) is 2.55. The summed E-state index contributed by atoms with van der Waals surface area (Å²) in [5.41, 5.74) is 1.09. The normalized spacial score (nSPS) is 11.5. The third-order valence-electron chi connectivity index (χ3n) is 3.78. The highest BCUT2D eigenvalue weighted by atomic mass is 16.3. The minimum Gasteiger partial charge on any atom is -0.504 e. The van der Waals surface area contributed by atoms with Crippen molar-refractivity contribution >= 4 is 0 Å². The fourth-order valence-electron chi connectivity index (χ4n) is 2.43. The van der Waals surface area contributed by atoms with Crippen LogP contribution >= 0.6 is 0 Å². The van der Waals surface area contributed by atoms with Gasteiger partial charge < -0.3 is 10.2 Å². The Balaban J connectivity index is 1.96. The van der Waals surface area contributed by atoms with Gasteiger partial charge in [-0.05, 0) is 56.2 Å². The van der Waals surface area contributed by atoms with Crippen molar-refractivity contribution in [2.45, 2.75) is 57.8 Å². The van der Waals surface area contributed by atoms with Gasteiger partial charge in [-0.1, -0.05) is 55.7 Å². The molecule has 0 aromatic heterocycles. The summed E-state index contributed by atoms with van der Waals surface area (Å²) in [5.74, 6) is -0.0633. The van der Waals surface area contributed by atoms with Crippen molar-refractivity contribution in [3.05, 3.63) is 60.7 Å². The lowest BCUT2D eigenvalue weighted by Crippen LogP contribution is -1.86. The smallest absolute Gasteiger partial charge is 0.157 e. The second kappa shape index (κ2) is 12.6. The highest BCUT2D eigenvalue weighted by Crippen LogP contribution is 2.25. The second-order valence-corrected chi connectivity index (χ2v) is 5.83. The number of hydrogen-bond donors (Lipinski definition) is 2. The molecule has 0 radical (unpaired) electrons. The first-order valence-corrected chi connectivity index (χ1v) is 8.65. The van der Waals surface area contributed by atoms with Crippen molar-refractivity contribution in [3.8, 4) is 11.5 Å². The van der Waals surface area contributed by atoms with E-state index in [1.165, 1.54) is 32.1 Å². The van der Waals surface area contributed by atoms with Gasteiger partial charge in [0, 0.05) is 0 Å². The Labute approximate surface area is 140 Å². The molecule has 1 aromatic rings. The number of hydrogen-bond acceptors (Lipinski definition) is 2. The maximum absolute atomic E-state index is 9.44. The van der Waals surface area contributed by atoms with E-state index in [0.717, 1.165) is 31.2 Å². The standard InChI is InChI=1S/C21H30O2/c1-2-3-4-5-6-7-8-9-10-11-12-13-14-15-19-16-17-20(22)21(23)18-19/h2,4-5,7-8,16-18,22-23H,1,3,6,9-15H2/b5-4+,8-7-. The number of allylic oxidation sites excluding steroid dienone is 5. The summed E-state index contributed by atoms with van der Waals surface area (Å²) < 4.78 is 0. The van der Waals surface area contributed by atoms with Crippen LogP contribution in [0.1, 0.15) is 56.9 Å². The maximum atomic E-state index is 9.44. The summed E-state index contributed by atoms with van der Waals surface area (Å²) in [5, 5.41) is 18.7. The zero-order valence-corrected chi connectivity index (χ0v) is 14.1. The molecule has 2 heteroatoms. The Morgan fingerprint density at radius 1 is 0.783 bits per heavy atom. The Morgan fingerprint density at radius 3 is 2.26 bits per heavy atom. The van der Waals surface area contributed by atoms with E-state index in [9.17, 15) is 10.2 Å². The SMILES string of the molecule is C=CC/C=C/C/C=C\CCCCCCCc1ccc(O)c(O)c1. The van der Waals surface area contributed by atoms with Crippen LogP contribution in [0.4, 0.5) is 0 Å². The monoisotopic (exact) mass is 314 g/mol. The molecule has 0 aliphatic heterocycles. The van der Waals surface area contributed by atoms with Crippen LogP contribution in [0.25, 0.3) is 0 Å². The summed E-state index contributed by atoms with van der Waals surface area (Å²) >= 11 is 0. The van der Waals surface area contributed by atoms with Gasteiger partial charge in [0.25, 0.3) is 0 Å². The zero-order chi connectivity index (χ0) is 16.8. The van der Waals surface area contributed by atoms with Crippen LogP contribution in [0.2, 0.25) is 0 Å². The second-order valence-electron chi connectivity index (χ2n) is 5.83. The van der Waals surface area contributed by atoms with Crippen molar-refractivity contribution in [1.29, 1.82) is 0 Å². The van der Waals surface area contributed by atoms with E-state index in [4.69, 9.17) is 0 Å². The first kappa shape index (κ1) is 19.1. The molecule has 0 heterocycles. The van der Waals surface area contributed by atoms with Gasteiger partial charge in [-0.3, -0.25) is 0 Å². The van der Waals surface area contributed by atoms with Gasteiger partial charge in [-0.15, -0.1) is 6.58 Å². The number of benzene rings is 1. The van der Waals surface area contributed by atoms with Gasteiger partial charge in [0.15, 0.2) is 11.5 Å². The van der Waals surface area contributed by atoms with Gasteiger partial charge in [0.05, 0.1) is 0 Å². The van der Waals surface area contributed by atoms with Crippen LogP contribution in [0.5, 0.6) is 11.5 Å². The van der Waals surface area contributed by atoms with E-state index in [0.29, 0.717) is 0 Å². The average molecular weight is 314 g/mol. The molecular weight excluding hydrogens is 284 g/mol. The quantitative estimate of drug-likeness (QED) is 0.280. The molecule has 0 fully saturated rings. The van der Waals surface area contributed by atoms with Crippen molar-refractivity contribution in [1.82, 2.24) is 0 Å². The molecule has 2 N–H and O–H groups in total. The first-order chi connectivity index (χ1) is 11.2. The minimum absolute atomic E-state index is 0.0198. The molecular formula is C21H30O2. The fourth-order valence-corrected chi connectivity index (χ4v) is 2.43. The number of phenolic OH excluding ortho intramolecular Hbond substituents is 2. The molecule has 0 unspecified atom stereocenters. The third-order valence-corrected chi connectivity index (χ3v) is 3.78. The topological polar surface area (TPSA) is 40.5 Å². The van der Waals surface area contributed by atoms with Crippen molar-refractivity contribution < 1.29 is 10.2 Å². The number of unbranched alkanes of at least 4 members (excludes halogenated alkanes) is 5. The van der Waals surface area contributed by atoms with E-state index in [1.54, 1.807) is 12.1 Å². The van der Waals surface area contributed by atoms with Crippen LogP contribution in [0, 0.1) is 0 Å². The number of rotatable bonds is 12. The van der Waals surface area contributed by atoms with Crippen molar-refractivity contribution in [2.75, 3.05) is 0 Å².